The summed E-state index contributed by atoms with van der Waals surface area (Å²) in [7, 11) is 0. The summed E-state index contributed by atoms with van der Waals surface area (Å²) < 4.78 is 0. The van der Waals surface area contributed by atoms with E-state index in [0.29, 0.717) is 0 Å². The van der Waals surface area contributed by atoms with Crippen LogP contribution in [0.15, 0.2) is 0 Å². The second-order valence-corrected chi connectivity index (χ2v) is 7.20. The molecule has 0 aromatic heterocycles. The first-order valence-corrected chi connectivity index (χ1v) is 9.70. The third kappa shape index (κ3) is 16.0. The van der Waals surface area contributed by atoms with Crippen LogP contribution in [0.25, 0.3) is 0 Å². The number of hydrogen-bond acceptors (Lipinski definition) is 1. The van der Waals surface area contributed by atoms with Crippen molar-refractivity contribution in [2.45, 2.75) is 89.3 Å². The number of hydrogen-bond donors (Lipinski definition) is 1. The Balaban J connectivity index is 2.92. The molecule has 0 heterocycles. The fourth-order valence-electron chi connectivity index (χ4n) is 2.10. The van der Waals surface area contributed by atoms with E-state index in [2.05, 4.69) is 6.92 Å². The van der Waals surface area contributed by atoms with Gasteiger partial charge in [0.2, 0.25) is 0 Å². The van der Waals surface area contributed by atoms with Crippen molar-refractivity contribution in [3.8, 4) is 0 Å². The molecular weight excluding hydrogens is 291 g/mol. The van der Waals surface area contributed by atoms with Gasteiger partial charge in [-0.05, 0) is 0 Å². The molecule has 108 valence electrons. The quantitative estimate of drug-likeness (QED) is 0.339. The van der Waals surface area contributed by atoms with Gasteiger partial charge in [0, 0.05) is 0 Å². The van der Waals surface area contributed by atoms with Crippen molar-refractivity contribution in [3.05, 3.63) is 0 Å². The molecule has 0 saturated heterocycles. The zero-order valence-electron chi connectivity index (χ0n) is 12.0. The van der Waals surface area contributed by atoms with Crippen LogP contribution in [0.2, 0.25) is 5.32 Å². The number of carbonyl (C=O) groups is 1. The third-order valence-corrected chi connectivity index (χ3v) is 4.78. The second kappa shape index (κ2) is 15.0. The zero-order valence-corrected chi connectivity index (χ0v) is 13.7. The van der Waals surface area contributed by atoms with E-state index in [0.717, 1.165) is 11.7 Å². The van der Waals surface area contributed by atoms with Crippen LogP contribution in [-0.2, 0) is 0 Å². The van der Waals surface area contributed by atoms with Gasteiger partial charge in [-0.15, -0.1) is 0 Å². The predicted molar refractivity (Wildman–Crippen MR) is 79.7 cm³/mol. The van der Waals surface area contributed by atoms with Crippen LogP contribution < -0.4 is 0 Å². The van der Waals surface area contributed by atoms with Crippen molar-refractivity contribution in [2.75, 3.05) is 0 Å². The van der Waals surface area contributed by atoms with Crippen LogP contribution in [0.3, 0.4) is 0 Å². The molecule has 1 N–H and O–H groups in total. The van der Waals surface area contributed by atoms with Crippen LogP contribution in [0.4, 0.5) is 4.79 Å². The van der Waals surface area contributed by atoms with E-state index in [-0.39, 0.29) is 15.0 Å². The van der Waals surface area contributed by atoms with Crippen molar-refractivity contribution in [2.24, 2.45) is 0 Å². The average Bonchev–Trinajstić information content (AvgIpc) is 2.34. The van der Waals surface area contributed by atoms with Gasteiger partial charge in [0.15, 0.2) is 0 Å². The molecular formula is C15H30O2Se. The van der Waals surface area contributed by atoms with Crippen molar-refractivity contribution >= 4 is 19.8 Å². The Morgan fingerprint density at radius 1 is 0.778 bits per heavy atom. The van der Waals surface area contributed by atoms with Crippen LogP contribution >= 0.6 is 0 Å². The predicted octanol–water partition coefficient (Wildman–Crippen LogP) is 5.49. The molecule has 0 saturated carbocycles. The molecule has 0 radical (unpaired) electrons. The van der Waals surface area contributed by atoms with E-state index in [1.54, 1.807) is 0 Å². The Morgan fingerprint density at radius 2 is 1.17 bits per heavy atom. The summed E-state index contributed by atoms with van der Waals surface area (Å²) in [6.45, 7) is 2.26. The molecule has 2 nitrogen and oxygen atoms in total. The van der Waals surface area contributed by atoms with Crippen molar-refractivity contribution < 1.29 is 9.90 Å². The first-order chi connectivity index (χ1) is 8.77. The first kappa shape index (κ1) is 18.0. The molecule has 0 aliphatic rings. The molecule has 0 aliphatic carbocycles. The molecule has 0 spiro atoms. The molecule has 0 unspecified atom stereocenters. The van der Waals surface area contributed by atoms with Gasteiger partial charge in [0.1, 0.15) is 0 Å². The van der Waals surface area contributed by atoms with E-state index in [1.807, 2.05) is 0 Å². The van der Waals surface area contributed by atoms with Crippen LogP contribution in [-0.4, -0.2) is 24.9 Å². The van der Waals surface area contributed by atoms with Crippen molar-refractivity contribution in [1.82, 2.24) is 0 Å². The topological polar surface area (TPSA) is 37.3 Å². The minimum atomic E-state index is -0.592. The third-order valence-electron chi connectivity index (χ3n) is 3.22. The van der Waals surface area contributed by atoms with E-state index in [9.17, 15) is 4.79 Å². The van der Waals surface area contributed by atoms with Crippen molar-refractivity contribution in [1.29, 1.82) is 0 Å². The average molecular weight is 321 g/mol. The molecule has 0 aromatic carbocycles. The van der Waals surface area contributed by atoms with Gasteiger partial charge in [0.25, 0.3) is 0 Å². The van der Waals surface area contributed by atoms with Gasteiger partial charge < -0.3 is 0 Å². The van der Waals surface area contributed by atoms with E-state index in [4.69, 9.17) is 5.11 Å². The summed E-state index contributed by atoms with van der Waals surface area (Å²) in [5.74, 6) is 0. The van der Waals surface area contributed by atoms with E-state index < -0.39 is 4.87 Å². The minimum absolute atomic E-state index is 0.168. The molecule has 0 bridgehead atoms. The number of rotatable bonds is 14. The van der Waals surface area contributed by atoms with Gasteiger partial charge in [-0.1, -0.05) is 13.3 Å². The fraction of sp³-hybridized carbons (Fsp3) is 0.933. The summed E-state index contributed by atoms with van der Waals surface area (Å²) in [4.78, 5) is 9.74. The molecule has 0 atom stereocenters. The summed E-state index contributed by atoms with van der Waals surface area (Å²) in [5, 5.41) is 9.43. The SMILES string of the molecule is CCCCCCCCCCCCCC[Se]C(=O)O. The van der Waals surface area contributed by atoms with Gasteiger partial charge in [-0.3, -0.25) is 0 Å². The van der Waals surface area contributed by atoms with Gasteiger partial charge in [0.05, 0.1) is 0 Å². The molecule has 18 heavy (non-hydrogen) atoms. The Labute approximate surface area is 119 Å². The van der Waals surface area contributed by atoms with Gasteiger partial charge in [-0.2, -0.15) is 0 Å². The summed E-state index contributed by atoms with van der Waals surface area (Å²) in [6, 6.07) is 0. The Hall–Kier alpha value is -0.0105. The maximum absolute atomic E-state index is 10.3. The first-order valence-electron chi connectivity index (χ1n) is 7.63. The zero-order chi connectivity index (χ0) is 13.5. The standard InChI is InChI=1S/C15H30O2Se/c1-2-3-4-5-6-7-8-9-10-11-12-13-14-18-15(16)17/h2-14H2,1H3,(H,16,17). The van der Waals surface area contributed by atoms with Gasteiger partial charge in [-0.25, -0.2) is 0 Å². The fourth-order valence-corrected chi connectivity index (χ4v) is 3.20. The van der Waals surface area contributed by atoms with Crippen LogP contribution in [0, 0.1) is 0 Å². The molecule has 0 aliphatic heterocycles. The Morgan fingerprint density at radius 3 is 1.56 bits per heavy atom. The number of unbranched alkanes of at least 4 members (excludes halogenated alkanes) is 11. The molecule has 0 amide bonds. The molecule has 0 aromatic rings. The summed E-state index contributed by atoms with van der Waals surface area (Å²) >= 11 is -0.168. The van der Waals surface area contributed by atoms with E-state index in [1.165, 1.54) is 70.6 Å². The number of carboxylic acid groups (broad SMARTS) is 1. The van der Waals surface area contributed by atoms with Gasteiger partial charge >= 0.3 is 106 Å². The van der Waals surface area contributed by atoms with Crippen molar-refractivity contribution in [3.63, 3.8) is 0 Å². The Kier molecular flexibility index (Phi) is 15.0. The van der Waals surface area contributed by atoms with Crippen LogP contribution in [0.5, 0.6) is 0 Å². The summed E-state index contributed by atoms with van der Waals surface area (Å²) in [5.41, 5.74) is 0. The maximum atomic E-state index is 10.3. The van der Waals surface area contributed by atoms with Crippen LogP contribution in [0.1, 0.15) is 84.0 Å². The Bertz CT molecular complexity index is 183. The monoisotopic (exact) mass is 322 g/mol. The van der Waals surface area contributed by atoms with E-state index >= 15 is 0 Å². The molecule has 0 rings (SSSR count). The summed E-state index contributed by atoms with van der Waals surface area (Å²) in [6.07, 6.45) is 16.2. The second-order valence-electron chi connectivity index (χ2n) is 5.00. The molecule has 3 heteroatoms. The normalized spacial score (nSPS) is 10.7. The molecule has 0 fully saturated rings.